The Hall–Kier alpha value is -2.43. The van der Waals surface area contributed by atoms with Gasteiger partial charge in [0.2, 0.25) is 5.91 Å². The first-order chi connectivity index (χ1) is 10.7. The van der Waals surface area contributed by atoms with E-state index in [1.807, 2.05) is 30.3 Å². The summed E-state index contributed by atoms with van der Waals surface area (Å²) in [6.07, 6.45) is 4.00. The van der Waals surface area contributed by atoms with Crippen molar-refractivity contribution in [2.75, 3.05) is 6.54 Å². The number of nitrogens with zero attached hydrogens (tertiary/aromatic N) is 2. The van der Waals surface area contributed by atoms with Gasteiger partial charge >= 0.3 is 5.97 Å². The second kappa shape index (κ2) is 6.13. The Kier molecular flexibility index (Phi) is 4.04. The third kappa shape index (κ3) is 2.79. The summed E-state index contributed by atoms with van der Waals surface area (Å²) in [5.74, 6) is -0.981. The number of likely N-dealkylation sites (tertiary alicyclic amines) is 1. The number of carboxylic acids is 1. The van der Waals surface area contributed by atoms with Crippen LogP contribution in [-0.4, -0.2) is 39.5 Å². The van der Waals surface area contributed by atoms with Crippen LogP contribution in [-0.2, 0) is 16.0 Å². The van der Waals surface area contributed by atoms with Crippen LogP contribution in [0.4, 0.5) is 0 Å². The summed E-state index contributed by atoms with van der Waals surface area (Å²) in [4.78, 5) is 29.3. The lowest BCUT2D eigenvalue weighted by molar-refractivity contribution is -0.148. The Morgan fingerprint density at radius 1 is 1.27 bits per heavy atom. The van der Waals surface area contributed by atoms with Crippen molar-refractivity contribution >= 4 is 22.8 Å². The first-order valence-electron chi connectivity index (χ1n) is 7.52. The molecule has 1 N–H and O–H groups in total. The average molecular weight is 298 g/mol. The highest BCUT2D eigenvalue weighted by atomic mass is 16.4. The number of hydrogen-bond donors (Lipinski definition) is 1. The molecule has 2 aromatic rings. The molecular weight excluding hydrogens is 280 g/mol. The van der Waals surface area contributed by atoms with Crippen LogP contribution in [0.25, 0.3) is 10.9 Å². The minimum atomic E-state index is -0.903. The first-order valence-corrected chi connectivity index (χ1v) is 7.52. The van der Waals surface area contributed by atoms with E-state index < -0.39 is 12.0 Å². The quantitative estimate of drug-likeness (QED) is 0.939. The number of amides is 1. The van der Waals surface area contributed by atoms with E-state index in [9.17, 15) is 9.59 Å². The predicted octanol–water partition coefficient (Wildman–Crippen LogP) is 2.24. The highest BCUT2D eigenvalue weighted by Gasteiger charge is 2.33. The van der Waals surface area contributed by atoms with Gasteiger partial charge in [0, 0.05) is 24.5 Å². The number of aliphatic carboxylic acids is 1. The molecule has 1 aromatic carbocycles. The van der Waals surface area contributed by atoms with Gasteiger partial charge in [-0.25, -0.2) is 4.79 Å². The van der Waals surface area contributed by atoms with Crippen molar-refractivity contribution in [3.8, 4) is 0 Å². The van der Waals surface area contributed by atoms with E-state index in [4.69, 9.17) is 5.11 Å². The minimum absolute atomic E-state index is 0.0780. The fourth-order valence-corrected chi connectivity index (χ4v) is 3.08. The number of para-hydroxylation sites is 1. The SMILES string of the molecule is O=C(O)[C@@H]1CCCN1C(=O)CCc1ccnc2ccccc12. The molecule has 22 heavy (non-hydrogen) atoms. The molecule has 1 fully saturated rings. The Bertz CT molecular complexity index is 709. The second-order valence-electron chi connectivity index (χ2n) is 5.57. The molecule has 0 unspecified atom stereocenters. The van der Waals surface area contributed by atoms with Crippen LogP contribution in [0.15, 0.2) is 36.5 Å². The van der Waals surface area contributed by atoms with Crippen LogP contribution < -0.4 is 0 Å². The van der Waals surface area contributed by atoms with Crippen LogP contribution in [0.3, 0.4) is 0 Å². The molecule has 1 atom stereocenters. The summed E-state index contributed by atoms with van der Waals surface area (Å²) in [5, 5.41) is 10.2. The zero-order valence-electron chi connectivity index (χ0n) is 12.2. The number of aryl methyl sites for hydroxylation is 1. The minimum Gasteiger partial charge on any atom is -0.480 e. The smallest absolute Gasteiger partial charge is 0.326 e. The van der Waals surface area contributed by atoms with Gasteiger partial charge < -0.3 is 10.0 Å². The van der Waals surface area contributed by atoms with Crippen LogP contribution in [0.2, 0.25) is 0 Å². The first kappa shape index (κ1) is 14.5. The number of carboxylic acid groups (broad SMARTS) is 1. The maximum Gasteiger partial charge on any atom is 0.326 e. The Balaban J connectivity index is 1.71. The summed E-state index contributed by atoms with van der Waals surface area (Å²) in [6, 6.07) is 9.11. The number of hydrogen-bond acceptors (Lipinski definition) is 3. The van der Waals surface area contributed by atoms with E-state index in [1.165, 1.54) is 4.90 Å². The van der Waals surface area contributed by atoms with Crippen molar-refractivity contribution < 1.29 is 14.7 Å². The molecule has 1 saturated heterocycles. The zero-order chi connectivity index (χ0) is 15.5. The highest BCUT2D eigenvalue weighted by Crippen LogP contribution is 2.21. The Labute approximate surface area is 128 Å². The molecule has 3 rings (SSSR count). The van der Waals surface area contributed by atoms with Gasteiger partial charge in [0.25, 0.3) is 0 Å². The molecule has 1 aromatic heterocycles. The number of carbonyl (C=O) groups excluding carboxylic acids is 1. The normalized spacial score (nSPS) is 17.8. The number of pyridine rings is 1. The molecule has 1 amide bonds. The van der Waals surface area contributed by atoms with Gasteiger partial charge in [-0.2, -0.15) is 0 Å². The number of aromatic nitrogens is 1. The molecule has 0 bridgehead atoms. The molecule has 2 heterocycles. The monoisotopic (exact) mass is 298 g/mol. The molecule has 0 aliphatic carbocycles. The van der Waals surface area contributed by atoms with Gasteiger partial charge in [0.05, 0.1) is 5.52 Å². The molecular formula is C17H18N2O3. The van der Waals surface area contributed by atoms with Crippen molar-refractivity contribution in [3.63, 3.8) is 0 Å². The lowest BCUT2D eigenvalue weighted by Gasteiger charge is -2.21. The molecule has 1 aliphatic rings. The maximum absolute atomic E-state index is 12.3. The predicted molar refractivity (Wildman–Crippen MR) is 82.4 cm³/mol. The fourth-order valence-electron chi connectivity index (χ4n) is 3.08. The van der Waals surface area contributed by atoms with Gasteiger partial charge in [-0.3, -0.25) is 9.78 Å². The van der Waals surface area contributed by atoms with E-state index >= 15 is 0 Å². The fraction of sp³-hybridized carbons (Fsp3) is 0.353. The molecule has 1 aliphatic heterocycles. The summed E-state index contributed by atoms with van der Waals surface area (Å²) < 4.78 is 0. The van der Waals surface area contributed by atoms with Crippen LogP contribution in [0, 0.1) is 0 Å². The molecule has 0 radical (unpaired) electrons. The number of fused-ring (bicyclic) bond motifs is 1. The number of carbonyl (C=O) groups is 2. The van der Waals surface area contributed by atoms with Gasteiger partial charge in [-0.05, 0) is 37.0 Å². The van der Waals surface area contributed by atoms with Gasteiger partial charge in [-0.15, -0.1) is 0 Å². The van der Waals surface area contributed by atoms with Crippen molar-refractivity contribution in [1.82, 2.24) is 9.88 Å². The summed E-state index contributed by atoms with van der Waals surface area (Å²) >= 11 is 0. The lowest BCUT2D eigenvalue weighted by Crippen LogP contribution is -2.40. The van der Waals surface area contributed by atoms with E-state index in [-0.39, 0.29) is 5.91 Å². The average Bonchev–Trinajstić information content (AvgIpc) is 3.02. The lowest BCUT2D eigenvalue weighted by atomic mass is 10.0. The number of rotatable bonds is 4. The van der Waals surface area contributed by atoms with Crippen molar-refractivity contribution in [3.05, 3.63) is 42.1 Å². The summed E-state index contributed by atoms with van der Waals surface area (Å²) in [7, 11) is 0. The van der Waals surface area contributed by atoms with E-state index in [0.29, 0.717) is 25.8 Å². The third-order valence-corrected chi connectivity index (χ3v) is 4.21. The topological polar surface area (TPSA) is 70.5 Å². The largest absolute Gasteiger partial charge is 0.480 e. The van der Waals surface area contributed by atoms with Crippen molar-refractivity contribution in [1.29, 1.82) is 0 Å². The second-order valence-corrected chi connectivity index (χ2v) is 5.57. The van der Waals surface area contributed by atoms with Crippen molar-refractivity contribution in [2.45, 2.75) is 31.7 Å². The standard InChI is InChI=1S/C17H18N2O3/c20-16(19-11-3-6-15(19)17(21)22)8-7-12-9-10-18-14-5-2-1-4-13(12)14/h1-2,4-5,9-10,15H,3,6-8,11H2,(H,21,22)/t15-/m0/s1. The van der Waals surface area contributed by atoms with Crippen LogP contribution >= 0.6 is 0 Å². The van der Waals surface area contributed by atoms with E-state index in [2.05, 4.69) is 4.98 Å². The highest BCUT2D eigenvalue weighted by molar-refractivity contribution is 5.86. The Morgan fingerprint density at radius 2 is 2.09 bits per heavy atom. The van der Waals surface area contributed by atoms with Gasteiger partial charge in [0.1, 0.15) is 6.04 Å². The molecule has 0 spiro atoms. The van der Waals surface area contributed by atoms with E-state index in [0.717, 1.165) is 22.9 Å². The number of benzene rings is 1. The summed E-state index contributed by atoms with van der Waals surface area (Å²) in [6.45, 7) is 0.549. The molecule has 0 saturated carbocycles. The van der Waals surface area contributed by atoms with Crippen LogP contribution in [0.1, 0.15) is 24.8 Å². The zero-order valence-corrected chi connectivity index (χ0v) is 12.2. The van der Waals surface area contributed by atoms with Gasteiger partial charge in [0.15, 0.2) is 0 Å². The van der Waals surface area contributed by atoms with Crippen molar-refractivity contribution in [2.24, 2.45) is 0 Å². The summed E-state index contributed by atoms with van der Waals surface area (Å²) in [5.41, 5.74) is 1.99. The Morgan fingerprint density at radius 3 is 2.91 bits per heavy atom. The molecule has 5 heteroatoms. The van der Waals surface area contributed by atoms with Crippen LogP contribution in [0.5, 0.6) is 0 Å². The third-order valence-electron chi connectivity index (χ3n) is 4.21. The maximum atomic E-state index is 12.3. The van der Waals surface area contributed by atoms with Gasteiger partial charge in [-0.1, -0.05) is 18.2 Å². The molecule has 114 valence electrons. The van der Waals surface area contributed by atoms with E-state index in [1.54, 1.807) is 6.20 Å². The molecule has 5 nitrogen and oxygen atoms in total.